The molecule has 0 radical (unpaired) electrons. The van der Waals surface area contributed by atoms with Gasteiger partial charge in [0, 0.05) is 12.6 Å². The Morgan fingerprint density at radius 2 is 1.72 bits per heavy atom. The lowest BCUT2D eigenvalue weighted by atomic mass is 10.3. The third-order valence-electron chi connectivity index (χ3n) is 2.81. The lowest BCUT2D eigenvalue weighted by molar-refractivity contribution is -0.150. The molecule has 0 saturated carbocycles. The molecule has 10 heteroatoms. The van der Waals surface area contributed by atoms with Crippen molar-refractivity contribution in [3.05, 3.63) is 27.2 Å². The van der Waals surface area contributed by atoms with Gasteiger partial charge in [-0.05, 0) is 19.9 Å². The Hall–Kier alpha value is -1.70. The average molecular weight is 412 g/mol. The Morgan fingerprint density at radius 1 is 1.08 bits per heavy atom. The van der Waals surface area contributed by atoms with Crippen LogP contribution in [0.25, 0.3) is 0 Å². The maximum absolute atomic E-state index is 11.6. The van der Waals surface area contributed by atoms with Crippen LogP contribution in [0.1, 0.15) is 13.8 Å². The summed E-state index contributed by atoms with van der Waals surface area (Å²) in [6.45, 7) is 2.70. The van der Waals surface area contributed by atoms with Gasteiger partial charge in [-0.25, -0.2) is 4.79 Å². The van der Waals surface area contributed by atoms with Gasteiger partial charge in [0.1, 0.15) is 11.8 Å². The Labute approximate surface area is 159 Å². The van der Waals surface area contributed by atoms with Crippen LogP contribution in [0.5, 0.6) is 5.75 Å². The third-order valence-corrected chi connectivity index (χ3v) is 3.82. The van der Waals surface area contributed by atoms with Crippen molar-refractivity contribution in [1.29, 1.82) is 0 Å². The predicted molar refractivity (Wildman–Crippen MR) is 94.2 cm³/mol. The molecule has 0 spiro atoms. The molecule has 0 aliphatic heterocycles. The molecule has 0 aliphatic rings. The maximum Gasteiger partial charge on any atom is 0.344 e. The van der Waals surface area contributed by atoms with Crippen LogP contribution < -0.4 is 15.4 Å². The molecule has 1 rings (SSSR count). The molecule has 0 unspecified atom stereocenters. The first-order valence-electron chi connectivity index (χ1n) is 7.24. The zero-order valence-electron chi connectivity index (χ0n) is 13.5. The van der Waals surface area contributed by atoms with Crippen LogP contribution in [0, 0.1) is 0 Å². The fourth-order valence-electron chi connectivity index (χ4n) is 1.62. The fourth-order valence-corrected chi connectivity index (χ4v) is 2.21. The summed E-state index contributed by atoms with van der Waals surface area (Å²) in [5, 5.41) is 5.59. The molecule has 7 nitrogen and oxygen atoms in total. The van der Waals surface area contributed by atoms with Crippen molar-refractivity contribution < 1.29 is 23.9 Å². The number of hydrogen-bond donors (Lipinski definition) is 2. The second kappa shape index (κ2) is 10.3. The van der Waals surface area contributed by atoms with Gasteiger partial charge in [-0.2, -0.15) is 0 Å². The normalized spacial score (nSPS) is 11.4. The molecule has 2 amide bonds. The third kappa shape index (κ3) is 7.37. The average Bonchev–Trinajstić information content (AvgIpc) is 2.55. The van der Waals surface area contributed by atoms with E-state index in [1.807, 2.05) is 0 Å². The second-order valence-corrected chi connectivity index (χ2v) is 6.05. The minimum Gasteiger partial charge on any atom is -0.480 e. The molecular weight excluding hydrogens is 395 g/mol. The van der Waals surface area contributed by atoms with Crippen molar-refractivity contribution in [2.24, 2.45) is 0 Å². The Bertz CT molecular complexity index is 654. The van der Waals surface area contributed by atoms with Crippen LogP contribution >= 0.6 is 34.8 Å². The number of ether oxygens (including phenoxy) is 2. The van der Waals surface area contributed by atoms with Crippen molar-refractivity contribution in [3.63, 3.8) is 0 Å². The predicted octanol–water partition coefficient (Wildman–Crippen LogP) is 2.21. The molecular formula is C15H17Cl3N2O5. The van der Waals surface area contributed by atoms with E-state index in [9.17, 15) is 14.4 Å². The molecule has 1 aromatic carbocycles. The van der Waals surface area contributed by atoms with Gasteiger partial charge < -0.3 is 20.1 Å². The summed E-state index contributed by atoms with van der Waals surface area (Å²) in [5.41, 5.74) is 0. The van der Waals surface area contributed by atoms with Crippen LogP contribution in [-0.4, -0.2) is 43.6 Å². The van der Waals surface area contributed by atoms with Crippen molar-refractivity contribution in [1.82, 2.24) is 10.6 Å². The highest BCUT2D eigenvalue weighted by Crippen LogP contribution is 2.33. The van der Waals surface area contributed by atoms with E-state index in [1.54, 1.807) is 6.92 Å². The first-order valence-corrected chi connectivity index (χ1v) is 8.38. The highest BCUT2D eigenvalue weighted by molar-refractivity contribution is 6.43. The molecule has 0 fully saturated rings. The lowest BCUT2D eigenvalue weighted by Gasteiger charge is -2.13. The smallest absolute Gasteiger partial charge is 0.344 e. The summed E-state index contributed by atoms with van der Waals surface area (Å²) >= 11 is 17.5. The lowest BCUT2D eigenvalue weighted by Crippen LogP contribution is -2.46. The van der Waals surface area contributed by atoms with E-state index in [4.69, 9.17) is 44.3 Å². The van der Waals surface area contributed by atoms with Gasteiger partial charge in [0.15, 0.2) is 13.2 Å². The molecule has 1 atom stereocenters. The summed E-state index contributed by atoms with van der Waals surface area (Å²) in [5.74, 6) is -1.58. The zero-order chi connectivity index (χ0) is 19.0. The Balaban J connectivity index is 2.39. The summed E-state index contributed by atoms with van der Waals surface area (Å²) < 4.78 is 9.92. The number of halogens is 3. The van der Waals surface area contributed by atoms with Crippen LogP contribution in [0.2, 0.25) is 15.1 Å². The van der Waals surface area contributed by atoms with Gasteiger partial charge in [0.05, 0.1) is 15.1 Å². The summed E-state index contributed by atoms with van der Waals surface area (Å²) in [7, 11) is 0. The van der Waals surface area contributed by atoms with E-state index in [0.717, 1.165) is 0 Å². The maximum atomic E-state index is 11.6. The summed E-state index contributed by atoms with van der Waals surface area (Å²) in [6, 6.07) is 2.00. The van der Waals surface area contributed by atoms with E-state index in [2.05, 4.69) is 10.6 Å². The molecule has 0 saturated heterocycles. The van der Waals surface area contributed by atoms with E-state index >= 15 is 0 Å². The van der Waals surface area contributed by atoms with Crippen LogP contribution in [0.4, 0.5) is 0 Å². The first-order chi connectivity index (χ1) is 11.7. The minimum atomic E-state index is -0.789. The second-order valence-electron chi connectivity index (χ2n) is 4.83. The first kappa shape index (κ1) is 21.3. The molecule has 25 heavy (non-hydrogen) atoms. The highest BCUT2D eigenvalue weighted by Gasteiger charge is 2.16. The number of rotatable bonds is 8. The largest absolute Gasteiger partial charge is 0.480 e. The fraction of sp³-hybridized carbons (Fsp3) is 0.400. The Morgan fingerprint density at radius 3 is 2.36 bits per heavy atom. The van der Waals surface area contributed by atoms with Crippen molar-refractivity contribution >= 4 is 52.6 Å². The van der Waals surface area contributed by atoms with Gasteiger partial charge in [-0.15, -0.1) is 0 Å². The number of esters is 1. The molecule has 0 heterocycles. The Kier molecular flexibility index (Phi) is 8.82. The van der Waals surface area contributed by atoms with Gasteiger partial charge in [-0.3, -0.25) is 9.59 Å². The minimum absolute atomic E-state index is 0.155. The number of carbonyl (C=O) groups is 3. The van der Waals surface area contributed by atoms with E-state index < -0.39 is 31.1 Å². The van der Waals surface area contributed by atoms with E-state index in [-0.39, 0.29) is 26.7 Å². The zero-order valence-corrected chi connectivity index (χ0v) is 15.8. The van der Waals surface area contributed by atoms with Crippen LogP contribution in [0.3, 0.4) is 0 Å². The summed E-state index contributed by atoms with van der Waals surface area (Å²) in [4.78, 5) is 34.7. The SMILES string of the molecule is CCNC(=O)[C@@H](C)NC(=O)COC(=O)COc1cc(Cl)c(Cl)cc1Cl. The molecule has 0 aromatic heterocycles. The molecule has 138 valence electrons. The number of nitrogens with one attached hydrogen (secondary N) is 2. The van der Waals surface area contributed by atoms with E-state index in [1.165, 1.54) is 19.1 Å². The number of benzene rings is 1. The van der Waals surface area contributed by atoms with Crippen LogP contribution in [0.15, 0.2) is 12.1 Å². The van der Waals surface area contributed by atoms with Crippen molar-refractivity contribution in [3.8, 4) is 5.75 Å². The van der Waals surface area contributed by atoms with Crippen LogP contribution in [-0.2, 0) is 19.1 Å². The van der Waals surface area contributed by atoms with Gasteiger partial charge >= 0.3 is 5.97 Å². The standard InChI is InChI=1S/C15H17Cl3N2O5/c1-3-19-15(23)8(2)20-13(21)6-25-14(22)7-24-12-5-10(17)9(16)4-11(12)18/h4-5,8H,3,6-7H2,1-2H3,(H,19,23)(H,20,21)/t8-/m1/s1. The van der Waals surface area contributed by atoms with Gasteiger partial charge in [0.2, 0.25) is 5.91 Å². The van der Waals surface area contributed by atoms with Crippen molar-refractivity contribution in [2.45, 2.75) is 19.9 Å². The van der Waals surface area contributed by atoms with Gasteiger partial charge in [-0.1, -0.05) is 34.8 Å². The van der Waals surface area contributed by atoms with Crippen molar-refractivity contribution in [2.75, 3.05) is 19.8 Å². The number of hydrogen-bond acceptors (Lipinski definition) is 5. The molecule has 0 aliphatic carbocycles. The molecule has 2 N–H and O–H groups in total. The quantitative estimate of drug-likeness (QED) is 0.505. The highest BCUT2D eigenvalue weighted by atomic mass is 35.5. The topological polar surface area (TPSA) is 93.7 Å². The molecule has 1 aromatic rings. The van der Waals surface area contributed by atoms with Gasteiger partial charge in [0.25, 0.3) is 5.91 Å². The summed E-state index contributed by atoms with van der Waals surface area (Å²) in [6.07, 6.45) is 0. The number of amides is 2. The monoisotopic (exact) mass is 410 g/mol. The number of likely N-dealkylation sites (N-methyl/N-ethyl adjacent to an activating group) is 1. The van der Waals surface area contributed by atoms with E-state index in [0.29, 0.717) is 6.54 Å². The number of carbonyl (C=O) groups excluding carboxylic acids is 3. The molecule has 0 bridgehead atoms.